The molecule has 1 aromatic rings. The zero-order valence-electron chi connectivity index (χ0n) is 17.9. The van der Waals surface area contributed by atoms with E-state index in [1.165, 1.54) is 48.8 Å². The second kappa shape index (κ2) is 5.12. The Morgan fingerprint density at radius 3 is 2.29 bits per heavy atom. The normalized spacial score (nSPS) is 38.4. The number of benzene rings is 1. The largest absolute Gasteiger partial charge is 0.455 e. The third-order valence-electron chi connectivity index (χ3n) is 9.24. The van der Waals surface area contributed by atoms with Crippen LogP contribution in [0.25, 0.3) is 6.08 Å². The average Bonchev–Trinajstić information content (AvgIpc) is 2.94. The fourth-order valence-electron chi connectivity index (χ4n) is 9.62. The van der Waals surface area contributed by atoms with Crippen molar-refractivity contribution >= 4 is 22.7 Å². The minimum Gasteiger partial charge on any atom is -0.455 e. The van der Waals surface area contributed by atoms with Gasteiger partial charge < -0.3 is 4.12 Å². The lowest BCUT2D eigenvalue weighted by Gasteiger charge is -2.80. The molecule has 0 N–H and O–H groups in total. The van der Waals surface area contributed by atoms with Gasteiger partial charge in [0.2, 0.25) is 0 Å². The molecular weight excluding hydrogens is 379 g/mol. The summed E-state index contributed by atoms with van der Waals surface area (Å²) in [5.74, 6) is 3.57. The molecule has 28 heavy (non-hydrogen) atoms. The maximum absolute atomic E-state index is 14.8. The minimum atomic E-state index is -1.85. The molecule has 1 radical (unpaired) electrons. The Hall–Kier alpha value is -0.716. The minimum absolute atomic E-state index is 0.00356. The lowest BCUT2D eigenvalue weighted by atomic mass is 9.46. The van der Waals surface area contributed by atoms with Gasteiger partial charge in [-0.15, -0.1) is 0 Å². The summed E-state index contributed by atoms with van der Waals surface area (Å²) in [6.45, 7) is 12.1. The molecule has 0 amide bonds. The van der Waals surface area contributed by atoms with E-state index in [0.717, 1.165) is 23.8 Å². The van der Waals surface area contributed by atoms with Crippen LogP contribution in [0.5, 0.6) is 0 Å². The van der Waals surface area contributed by atoms with Crippen molar-refractivity contribution in [1.29, 1.82) is 0 Å². The molecule has 7 rings (SSSR count). The summed E-state index contributed by atoms with van der Waals surface area (Å²) in [5.41, 5.74) is 5.23. The molecule has 1 aliphatic heterocycles. The topological polar surface area (TPSA) is 9.23 Å². The predicted octanol–water partition coefficient (Wildman–Crippen LogP) is 6.54. The number of hydrogen-bond donors (Lipinski definition) is 0. The van der Waals surface area contributed by atoms with Crippen LogP contribution in [0.1, 0.15) is 55.7 Å². The molecule has 6 aliphatic rings. The van der Waals surface area contributed by atoms with Crippen molar-refractivity contribution in [1.82, 2.24) is 0 Å². The third kappa shape index (κ3) is 1.79. The van der Waals surface area contributed by atoms with Crippen LogP contribution >= 0.6 is 0 Å². The van der Waals surface area contributed by atoms with Gasteiger partial charge in [-0.25, -0.2) is 4.39 Å². The summed E-state index contributed by atoms with van der Waals surface area (Å²) in [6, 6.07) is 3.99. The van der Waals surface area contributed by atoms with Gasteiger partial charge in [-0.1, -0.05) is 17.7 Å². The molecule has 5 fully saturated rings. The van der Waals surface area contributed by atoms with Crippen LogP contribution in [0.4, 0.5) is 4.39 Å². The summed E-state index contributed by atoms with van der Waals surface area (Å²) in [7, 11) is -3.70. The van der Waals surface area contributed by atoms with Crippen molar-refractivity contribution in [2.45, 2.75) is 81.7 Å². The molecule has 1 saturated heterocycles. The Balaban J connectivity index is 1.66. The molecule has 1 nitrogen and oxygen atoms in total. The molecule has 149 valence electrons. The lowest BCUT2D eigenvalue weighted by Crippen LogP contribution is -2.84. The van der Waals surface area contributed by atoms with Crippen molar-refractivity contribution in [2.75, 3.05) is 0 Å². The van der Waals surface area contributed by atoms with Gasteiger partial charge in [0.15, 0.2) is 16.6 Å². The van der Waals surface area contributed by atoms with E-state index in [-0.39, 0.29) is 11.2 Å². The number of allylic oxidation sites excluding steroid dienone is 1. The van der Waals surface area contributed by atoms with Crippen LogP contribution in [-0.4, -0.2) is 16.6 Å². The van der Waals surface area contributed by atoms with Gasteiger partial charge in [0.25, 0.3) is 0 Å². The van der Waals surface area contributed by atoms with Crippen molar-refractivity contribution in [3.05, 3.63) is 46.1 Å². The zero-order chi connectivity index (χ0) is 19.7. The van der Waals surface area contributed by atoms with Crippen molar-refractivity contribution in [2.24, 2.45) is 11.8 Å². The molecule has 2 unspecified atom stereocenters. The first-order valence-corrected chi connectivity index (χ1v) is 17.0. The molecule has 0 aromatic heterocycles. The van der Waals surface area contributed by atoms with Crippen LogP contribution < -0.4 is 0 Å². The lowest BCUT2D eigenvalue weighted by molar-refractivity contribution is 0.0212. The van der Waals surface area contributed by atoms with E-state index in [4.69, 9.17) is 4.12 Å². The third-order valence-corrected chi connectivity index (χ3v) is 22.2. The fraction of sp³-hybridized carbons (Fsp3) is 0.625. The Labute approximate surface area is 171 Å². The monoisotopic (exact) mass is 411 g/mol. The highest BCUT2D eigenvalue weighted by Gasteiger charge is 2.83. The standard InChI is InChI=1S/C24H32FOSi2/c1-15-8-19-20(9-15)22(25)7-6-21(19)23-13-16-10-17(14-23)12-18(11-16)24(23)27(2,3)26-28(24,4)5/h6-8,16-17H,9-14H2,1-5H3. The first kappa shape index (κ1) is 18.1. The van der Waals surface area contributed by atoms with Gasteiger partial charge in [-0.3, -0.25) is 0 Å². The van der Waals surface area contributed by atoms with E-state index in [1.54, 1.807) is 6.07 Å². The SMILES string of the molecule is CC1=Cc2c(C34CC5C[C](CC(C5)C3)C43[Si](C)(C)O[Si]3(C)C)ccc(F)c2C1. The van der Waals surface area contributed by atoms with Crippen LogP contribution in [0.15, 0.2) is 17.7 Å². The van der Waals surface area contributed by atoms with E-state index in [2.05, 4.69) is 45.3 Å². The average molecular weight is 412 g/mol. The summed E-state index contributed by atoms with van der Waals surface area (Å²) >= 11 is 0. The summed E-state index contributed by atoms with van der Waals surface area (Å²) in [6.07, 6.45) is 9.86. The van der Waals surface area contributed by atoms with Gasteiger partial charge in [-0.2, -0.15) is 0 Å². The highest BCUT2D eigenvalue weighted by Crippen LogP contribution is 2.83. The molecule has 1 aromatic carbocycles. The number of halogens is 1. The fourth-order valence-corrected chi connectivity index (χ4v) is 26.5. The summed E-state index contributed by atoms with van der Waals surface area (Å²) < 4.78 is 22.0. The van der Waals surface area contributed by atoms with Gasteiger partial charge in [0.1, 0.15) is 5.82 Å². The molecule has 4 saturated carbocycles. The van der Waals surface area contributed by atoms with Gasteiger partial charge in [-0.05, 0) is 112 Å². The first-order chi connectivity index (χ1) is 13.1. The number of hydrogen-bond acceptors (Lipinski definition) is 1. The Kier molecular flexibility index (Phi) is 3.31. The second-order valence-electron chi connectivity index (χ2n) is 11.5. The smallest absolute Gasteiger partial charge is 0.180 e. The highest BCUT2D eigenvalue weighted by molar-refractivity contribution is 7.07. The van der Waals surface area contributed by atoms with E-state index in [1.807, 2.05) is 5.92 Å². The first-order valence-electron chi connectivity index (χ1n) is 11.2. The Bertz CT molecular complexity index is 903. The predicted molar refractivity (Wildman–Crippen MR) is 117 cm³/mol. The maximum atomic E-state index is 14.8. The van der Waals surface area contributed by atoms with Crippen molar-refractivity contribution < 1.29 is 8.51 Å². The van der Waals surface area contributed by atoms with E-state index >= 15 is 0 Å². The summed E-state index contributed by atoms with van der Waals surface area (Å²) in [4.78, 5) is 0. The van der Waals surface area contributed by atoms with Gasteiger partial charge >= 0.3 is 0 Å². The van der Waals surface area contributed by atoms with Crippen LogP contribution in [0.3, 0.4) is 0 Å². The summed E-state index contributed by atoms with van der Waals surface area (Å²) in [5, 5.41) is 0. The molecule has 4 heteroatoms. The highest BCUT2D eigenvalue weighted by atomic mass is 28.5. The van der Waals surface area contributed by atoms with Crippen LogP contribution in [0, 0.1) is 23.6 Å². The number of rotatable bonds is 1. The second-order valence-corrected chi connectivity index (χ2v) is 20.4. The maximum Gasteiger partial charge on any atom is 0.180 e. The quantitative estimate of drug-likeness (QED) is 0.477. The number of fused-ring (bicyclic) bond motifs is 1. The van der Waals surface area contributed by atoms with Gasteiger partial charge in [0.05, 0.1) is 0 Å². The van der Waals surface area contributed by atoms with E-state index in [9.17, 15) is 4.39 Å². The molecule has 1 heterocycles. The van der Waals surface area contributed by atoms with E-state index < -0.39 is 16.6 Å². The molecule has 2 atom stereocenters. The zero-order valence-corrected chi connectivity index (χ0v) is 19.9. The Morgan fingerprint density at radius 2 is 1.68 bits per heavy atom. The molecular formula is C24H32FOSi2. The van der Waals surface area contributed by atoms with Gasteiger partial charge in [0, 0.05) is 10.1 Å². The molecule has 5 aliphatic carbocycles. The van der Waals surface area contributed by atoms with Crippen LogP contribution in [0.2, 0.25) is 30.8 Å². The van der Waals surface area contributed by atoms with Crippen molar-refractivity contribution in [3.63, 3.8) is 0 Å². The van der Waals surface area contributed by atoms with E-state index in [0.29, 0.717) is 4.66 Å². The molecule has 4 bridgehead atoms. The molecule has 1 spiro atoms. The van der Waals surface area contributed by atoms with Crippen LogP contribution in [-0.2, 0) is 16.0 Å². The van der Waals surface area contributed by atoms with Crippen molar-refractivity contribution in [3.8, 4) is 0 Å². The Morgan fingerprint density at radius 1 is 1.04 bits per heavy atom.